The summed E-state index contributed by atoms with van der Waals surface area (Å²) in [5, 5.41) is 15.0. The molecule has 0 aliphatic heterocycles. The van der Waals surface area contributed by atoms with Gasteiger partial charge in [0.05, 0.1) is 5.69 Å². The van der Waals surface area contributed by atoms with E-state index >= 15 is 0 Å². The zero-order valence-electron chi connectivity index (χ0n) is 15.3. The number of carbonyl (C=O) groups excluding carboxylic acids is 1. The van der Waals surface area contributed by atoms with Gasteiger partial charge in [-0.3, -0.25) is 9.69 Å². The van der Waals surface area contributed by atoms with Crippen LogP contribution in [0.5, 0.6) is 0 Å². The normalized spacial score (nSPS) is 12.7. The van der Waals surface area contributed by atoms with Crippen molar-refractivity contribution in [1.82, 2.24) is 4.90 Å². The van der Waals surface area contributed by atoms with Crippen LogP contribution in [0.3, 0.4) is 0 Å². The van der Waals surface area contributed by atoms with Crippen molar-refractivity contribution in [3.63, 3.8) is 0 Å². The zero-order chi connectivity index (χ0) is 19.5. The average Bonchev–Trinajstić information content (AvgIpc) is 2.39. The Morgan fingerprint density at radius 2 is 1.80 bits per heavy atom. The summed E-state index contributed by atoms with van der Waals surface area (Å²) in [6, 6.07) is 1.92. The molecule has 8 heteroatoms. The second kappa shape index (κ2) is 8.03. The first kappa shape index (κ1) is 21.2. The highest BCUT2D eigenvalue weighted by atomic mass is 79.9. The van der Waals surface area contributed by atoms with Gasteiger partial charge in [-0.2, -0.15) is 0 Å². The predicted molar refractivity (Wildman–Crippen MR) is 101 cm³/mol. The van der Waals surface area contributed by atoms with Gasteiger partial charge < -0.3 is 15.7 Å². The molecule has 1 rings (SSSR count). The van der Waals surface area contributed by atoms with Crippen LogP contribution in [0.2, 0.25) is 0 Å². The second-order valence-electron chi connectivity index (χ2n) is 7.10. The highest BCUT2D eigenvalue weighted by Crippen LogP contribution is 2.31. The van der Waals surface area contributed by atoms with Crippen molar-refractivity contribution in [3.05, 3.63) is 22.4 Å². The van der Waals surface area contributed by atoms with E-state index < -0.39 is 29.4 Å². The maximum atomic E-state index is 14.4. The zero-order valence-corrected chi connectivity index (χ0v) is 16.9. The lowest BCUT2D eigenvalue weighted by Crippen LogP contribution is -2.54. The Bertz CT molecular complexity index is 659. The molecule has 0 aliphatic rings. The Morgan fingerprint density at radius 1 is 1.24 bits per heavy atom. The molecule has 0 spiro atoms. The molecule has 1 unspecified atom stereocenters. The summed E-state index contributed by atoms with van der Waals surface area (Å²) in [4.78, 5) is 25.1. The third kappa shape index (κ3) is 5.59. The summed E-state index contributed by atoms with van der Waals surface area (Å²) in [5.41, 5.74) is -0.368. The van der Waals surface area contributed by atoms with E-state index in [4.69, 9.17) is 0 Å². The van der Waals surface area contributed by atoms with E-state index in [0.717, 1.165) is 4.90 Å². The van der Waals surface area contributed by atoms with Crippen molar-refractivity contribution in [2.75, 3.05) is 10.6 Å². The van der Waals surface area contributed by atoms with Crippen molar-refractivity contribution in [1.29, 1.82) is 0 Å². The van der Waals surface area contributed by atoms with Gasteiger partial charge in [0, 0.05) is 16.1 Å². The first-order chi connectivity index (χ1) is 11.3. The van der Waals surface area contributed by atoms with Gasteiger partial charge in [-0.05, 0) is 53.7 Å². The van der Waals surface area contributed by atoms with E-state index in [1.54, 1.807) is 26.8 Å². The highest BCUT2D eigenvalue weighted by Gasteiger charge is 2.35. The molecule has 0 aromatic heterocycles. The minimum Gasteiger partial charge on any atom is -0.465 e. The molecule has 0 saturated carbocycles. The van der Waals surface area contributed by atoms with Gasteiger partial charge >= 0.3 is 6.09 Å². The monoisotopic (exact) mass is 417 g/mol. The van der Waals surface area contributed by atoms with Crippen LogP contribution in [0.15, 0.2) is 16.6 Å². The number of carbonyl (C=O) groups is 2. The van der Waals surface area contributed by atoms with Crippen LogP contribution in [0, 0.1) is 5.82 Å². The fourth-order valence-corrected chi connectivity index (χ4v) is 2.93. The SMILES string of the molecule is CC(C)Nc1cc(Br)cc(F)c1NC(=O)C(C)N(C(=O)O)C(C)(C)C. The number of benzene rings is 1. The van der Waals surface area contributed by atoms with E-state index in [1.807, 2.05) is 13.8 Å². The molecule has 0 aliphatic carbocycles. The van der Waals surface area contributed by atoms with Crippen molar-refractivity contribution < 1.29 is 19.1 Å². The Labute approximate surface area is 155 Å². The van der Waals surface area contributed by atoms with Crippen LogP contribution in [-0.4, -0.2) is 39.6 Å². The fraction of sp³-hybridized carbons (Fsp3) is 0.529. The summed E-state index contributed by atoms with van der Waals surface area (Å²) >= 11 is 3.22. The number of anilines is 2. The molecule has 25 heavy (non-hydrogen) atoms. The number of halogens is 2. The minimum absolute atomic E-state index is 0.00648. The lowest BCUT2D eigenvalue weighted by atomic mass is 10.0. The van der Waals surface area contributed by atoms with Crippen LogP contribution in [0.1, 0.15) is 41.5 Å². The number of carboxylic acid groups (broad SMARTS) is 1. The molecule has 0 bridgehead atoms. The van der Waals surface area contributed by atoms with E-state index in [2.05, 4.69) is 26.6 Å². The fourth-order valence-electron chi connectivity index (χ4n) is 2.50. The van der Waals surface area contributed by atoms with Crippen LogP contribution in [0.25, 0.3) is 0 Å². The van der Waals surface area contributed by atoms with Crippen LogP contribution in [-0.2, 0) is 4.79 Å². The second-order valence-corrected chi connectivity index (χ2v) is 8.01. The maximum absolute atomic E-state index is 14.4. The van der Waals surface area contributed by atoms with Crippen molar-refractivity contribution in [2.45, 2.75) is 59.2 Å². The highest BCUT2D eigenvalue weighted by molar-refractivity contribution is 9.10. The van der Waals surface area contributed by atoms with E-state index in [0.29, 0.717) is 10.2 Å². The summed E-state index contributed by atoms with van der Waals surface area (Å²) in [6.07, 6.45) is -1.22. The topological polar surface area (TPSA) is 81.7 Å². The van der Waals surface area contributed by atoms with Crippen LogP contribution >= 0.6 is 15.9 Å². The molecule has 0 radical (unpaired) electrons. The Kier molecular flexibility index (Phi) is 6.82. The van der Waals surface area contributed by atoms with E-state index in [9.17, 15) is 19.1 Å². The molecule has 1 aromatic rings. The number of nitrogens with zero attached hydrogens (tertiary/aromatic N) is 1. The van der Waals surface area contributed by atoms with Crippen LogP contribution < -0.4 is 10.6 Å². The third-order valence-electron chi connectivity index (χ3n) is 3.44. The van der Waals surface area contributed by atoms with Gasteiger partial charge in [0.1, 0.15) is 17.5 Å². The summed E-state index contributed by atoms with van der Waals surface area (Å²) in [7, 11) is 0. The molecular weight excluding hydrogens is 393 g/mol. The van der Waals surface area contributed by atoms with E-state index in [-0.39, 0.29) is 11.7 Å². The van der Waals surface area contributed by atoms with Crippen molar-refractivity contribution in [3.8, 4) is 0 Å². The Morgan fingerprint density at radius 3 is 2.24 bits per heavy atom. The van der Waals surface area contributed by atoms with Gasteiger partial charge in [-0.15, -0.1) is 0 Å². The lowest BCUT2D eigenvalue weighted by molar-refractivity contribution is -0.121. The molecular formula is C17H25BrFN3O3. The number of hydrogen-bond acceptors (Lipinski definition) is 3. The largest absolute Gasteiger partial charge is 0.465 e. The summed E-state index contributed by atoms with van der Waals surface area (Å²) in [6.45, 7) is 10.3. The minimum atomic E-state index is -1.22. The van der Waals surface area contributed by atoms with Gasteiger partial charge in [0.15, 0.2) is 0 Å². The molecule has 0 heterocycles. The molecule has 140 valence electrons. The number of hydrogen-bond donors (Lipinski definition) is 3. The van der Waals surface area contributed by atoms with Crippen molar-refractivity contribution >= 4 is 39.3 Å². The smallest absolute Gasteiger partial charge is 0.408 e. The molecule has 3 N–H and O–H groups in total. The van der Waals surface area contributed by atoms with E-state index in [1.165, 1.54) is 13.0 Å². The van der Waals surface area contributed by atoms with Gasteiger partial charge in [-0.25, -0.2) is 9.18 Å². The standard InChI is InChI=1S/C17H25BrFN3O3/c1-9(2)20-13-8-11(18)7-12(19)14(13)21-15(23)10(3)22(16(24)25)17(4,5)6/h7-10,20H,1-6H3,(H,21,23)(H,24,25). The number of amides is 2. The molecule has 1 atom stereocenters. The maximum Gasteiger partial charge on any atom is 0.408 e. The molecule has 1 aromatic carbocycles. The Balaban J connectivity index is 3.16. The Hall–Kier alpha value is -1.83. The summed E-state index contributed by atoms with van der Waals surface area (Å²) < 4.78 is 14.9. The first-order valence-electron chi connectivity index (χ1n) is 7.93. The van der Waals surface area contributed by atoms with Gasteiger partial charge in [0.2, 0.25) is 5.91 Å². The van der Waals surface area contributed by atoms with Crippen LogP contribution in [0.4, 0.5) is 20.6 Å². The molecule has 2 amide bonds. The van der Waals surface area contributed by atoms with Gasteiger partial charge in [-0.1, -0.05) is 15.9 Å². The third-order valence-corrected chi connectivity index (χ3v) is 3.90. The predicted octanol–water partition coefficient (Wildman–Crippen LogP) is 4.51. The quantitative estimate of drug-likeness (QED) is 0.657. The lowest BCUT2D eigenvalue weighted by Gasteiger charge is -2.37. The number of nitrogens with one attached hydrogen (secondary N) is 2. The molecule has 0 fully saturated rings. The van der Waals surface area contributed by atoms with Crippen molar-refractivity contribution in [2.24, 2.45) is 0 Å². The average molecular weight is 418 g/mol. The number of rotatable bonds is 5. The van der Waals surface area contributed by atoms with Gasteiger partial charge in [0.25, 0.3) is 0 Å². The first-order valence-corrected chi connectivity index (χ1v) is 8.72. The molecule has 0 saturated heterocycles. The molecule has 6 nitrogen and oxygen atoms in total. The summed E-state index contributed by atoms with van der Waals surface area (Å²) in [5.74, 6) is -1.22.